The van der Waals surface area contributed by atoms with Crippen LogP contribution >= 0.6 is 0 Å². The fourth-order valence-electron chi connectivity index (χ4n) is 2.85. The van der Waals surface area contributed by atoms with Gasteiger partial charge in [0.2, 0.25) is 0 Å². The second-order valence-electron chi connectivity index (χ2n) is 5.90. The van der Waals surface area contributed by atoms with Crippen molar-refractivity contribution in [3.8, 4) is 17.2 Å². The van der Waals surface area contributed by atoms with E-state index in [1.807, 2.05) is 30.3 Å². The lowest BCUT2D eigenvalue weighted by Gasteiger charge is -2.05. The Hall–Kier alpha value is -3.88. The molecule has 2 aromatic heterocycles. The molecule has 4 rings (SSSR count). The highest BCUT2D eigenvalue weighted by atomic mass is 16.5. The van der Waals surface area contributed by atoms with Crippen molar-refractivity contribution >= 4 is 16.9 Å². The monoisotopic (exact) mass is 379 g/mol. The topological polar surface area (TPSA) is 104 Å². The van der Waals surface area contributed by atoms with Crippen LogP contribution in [0.15, 0.2) is 48.5 Å². The maximum atomic E-state index is 12.5. The molecule has 0 atom stereocenters. The van der Waals surface area contributed by atoms with E-state index in [0.29, 0.717) is 28.5 Å². The quantitative estimate of drug-likeness (QED) is 0.513. The van der Waals surface area contributed by atoms with Gasteiger partial charge in [-0.1, -0.05) is 18.2 Å². The first-order chi connectivity index (χ1) is 13.7. The molecule has 2 heterocycles. The van der Waals surface area contributed by atoms with Gasteiger partial charge in [0.05, 0.1) is 25.4 Å². The second kappa shape index (κ2) is 7.39. The molecule has 0 aliphatic rings. The predicted molar refractivity (Wildman–Crippen MR) is 99.7 cm³/mol. The van der Waals surface area contributed by atoms with E-state index in [-0.39, 0.29) is 6.61 Å². The Labute approximate surface area is 159 Å². The number of aromatic amines is 1. The summed E-state index contributed by atoms with van der Waals surface area (Å²) in [5.41, 5.74) is 1.76. The van der Waals surface area contributed by atoms with Gasteiger partial charge in [0, 0.05) is 11.5 Å². The first-order valence-corrected chi connectivity index (χ1v) is 8.44. The van der Waals surface area contributed by atoms with Crippen LogP contribution in [0.1, 0.15) is 16.3 Å². The zero-order chi connectivity index (χ0) is 19.5. The van der Waals surface area contributed by atoms with Crippen molar-refractivity contribution in [2.45, 2.75) is 6.61 Å². The molecule has 0 amide bonds. The number of aromatic nitrogens is 5. The molecule has 0 bridgehead atoms. The van der Waals surface area contributed by atoms with Crippen molar-refractivity contribution in [1.29, 1.82) is 0 Å². The van der Waals surface area contributed by atoms with Gasteiger partial charge in [-0.25, -0.2) is 4.79 Å². The number of rotatable bonds is 6. The maximum Gasteiger partial charge on any atom is 0.355 e. The summed E-state index contributed by atoms with van der Waals surface area (Å²) in [6.07, 6.45) is 0. The third-order valence-corrected chi connectivity index (χ3v) is 4.21. The first-order valence-electron chi connectivity index (χ1n) is 8.44. The maximum absolute atomic E-state index is 12.5. The third-order valence-electron chi connectivity index (χ3n) is 4.21. The minimum absolute atomic E-state index is 0.0729. The number of carbonyl (C=O) groups is 1. The zero-order valence-electron chi connectivity index (χ0n) is 15.2. The molecule has 0 aliphatic carbocycles. The molecule has 0 aliphatic heterocycles. The zero-order valence-corrected chi connectivity index (χ0v) is 15.2. The lowest BCUT2D eigenvalue weighted by molar-refractivity contribution is 0.0453. The summed E-state index contributed by atoms with van der Waals surface area (Å²) in [7, 11) is 3.12. The average molecular weight is 379 g/mol. The second-order valence-corrected chi connectivity index (χ2v) is 5.90. The van der Waals surface area contributed by atoms with Crippen molar-refractivity contribution in [3.05, 3.63) is 60.0 Å². The summed E-state index contributed by atoms with van der Waals surface area (Å²) in [4.78, 5) is 15.5. The van der Waals surface area contributed by atoms with Crippen molar-refractivity contribution in [2.24, 2.45) is 0 Å². The Balaban J connectivity index is 1.55. The van der Waals surface area contributed by atoms with E-state index in [2.05, 4.69) is 20.5 Å². The van der Waals surface area contributed by atoms with Crippen LogP contribution in [0, 0.1) is 0 Å². The van der Waals surface area contributed by atoms with Crippen molar-refractivity contribution in [2.75, 3.05) is 14.2 Å². The van der Waals surface area contributed by atoms with E-state index < -0.39 is 5.97 Å². The molecule has 0 unspecified atom stereocenters. The van der Waals surface area contributed by atoms with Crippen molar-refractivity contribution < 1.29 is 19.0 Å². The number of methoxy groups -OCH3 is 2. The summed E-state index contributed by atoms with van der Waals surface area (Å²) < 4.78 is 17.5. The van der Waals surface area contributed by atoms with Crippen LogP contribution in [0.3, 0.4) is 0 Å². The predicted octanol–water partition coefficient (Wildman–Crippen LogP) is 2.52. The number of para-hydroxylation sites is 1. The van der Waals surface area contributed by atoms with Gasteiger partial charge in [-0.15, -0.1) is 5.10 Å². The van der Waals surface area contributed by atoms with E-state index in [9.17, 15) is 4.79 Å². The van der Waals surface area contributed by atoms with Gasteiger partial charge >= 0.3 is 5.97 Å². The number of hydrogen-bond acceptors (Lipinski definition) is 7. The summed E-state index contributed by atoms with van der Waals surface area (Å²) in [6.45, 7) is -0.0729. The molecule has 0 spiro atoms. The molecule has 0 saturated heterocycles. The molecule has 1 N–H and O–H groups in total. The first kappa shape index (κ1) is 17.5. The summed E-state index contributed by atoms with van der Waals surface area (Å²) >= 11 is 0. The number of tetrazole rings is 1. The molecule has 9 heteroatoms. The highest BCUT2D eigenvalue weighted by Crippen LogP contribution is 2.31. The number of H-pyrrole nitrogens is 1. The highest BCUT2D eigenvalue weighted by Gasteiger charge is 2.17. The lowest BCUT2D eigenvalue weighted by atomic mass is 10.2. The highest BCUT2D eigenvalue weighted by molar-refractivity contribution is 5.97. The van der Waals surface area contributed by atoms with Gasteiger partial charge in [0.15, 0.2) is 12.4 Å². The minimum atomic E-state index is -0.528. The number of esters is 1. The SMILES string of the molecule is COc1cc(OC)c2[nH]c(C(=O)OCc3nnnn3-c3ccccc3)cc2c1. The third kappa shape index (κ3) is 3.25. The number of fused-ring (bicyclic) bond motifs is 1. The fraction of sp³-hybridized carbons (Fsp3) is 0.158. The molecule has 2 aromatic carbocycles. The normalized spacial score (nSPS) is 10.8. The van der Waals surface area contributed by atoms with Gasteiger partial charge in [0.25, 0.3) is 0 Å². The number of nitrogens with one attached hydrogen (secondary N) is 1. The van der Waals surface area contributed by atoms with E-state index in [4.69, 9.17) is 14.2 Å². The number of hydrogen-bond donors (Lipinski definition) is 1. The summed E-state index contributed by atoms with van der Waals surface area (Å²) in [5, 5.41) is 12.3. The fourth-order valence-corrected chi connectivity index (χ4v) is 2.85. The molecule has 9 nitrogen and oxygen atoms in total. The molecular weight excluding hydrogens is 362 g/mol. The molecule has 28 heavy (non-hydrogen) atoms. The van der Waals surface area contributed by atoms with Gasteiger partial charge in [-0.3, -0.25) is 0 Å². The number of nitrogens with zero attached hydrogens (tertiary/aromatic N) is 4. The molecule has 142 valence electrons. The van der Waals surface area contributed by atoms with E-state index in [0.717, 1.165) is 11.1 Å². The Kier molecular flexibility index (Phi) is 4.63. The van der Waals surface area contributed by atoms with E-state index in [1.54, 1.807) is 32.4 Å². The van der Waals surface area contributed by atoms with Gasteiger partial charge < -0.3 is 19.2 Å². The van der Waals surface area contributed by atoms with Crippen LogP contribution in [0.4, 0.5) is 0 Å². The van der Waals surface area contributed by atoms with Crippen LogP contribution in [0.25, 0.3) is 16.6 Å². The van der Waals surface area contributed by atoms with Crippen molar-refractivity contribution in [1.82, 2.24) is 25.2 Å². The van der Waals surface area contributed by atoms with Gasteiger partial charge in [0.1, 0.15) is 17.2 Å². The van der Waals surface area contributed by atoms with Crippen LogP contribution < -0.4 is 9.47 Å². The molecular formula is C19H17N5O4. The van der Waals surface area contributed by atoms with Gasteiger partial charge in [-0.2, -0.15) is 4.68 Å². The summed E-state index contributed by atoms with van der Waals surface area (Å²) in [5.74, 6) is 1.08. The Morgan fingerprint density at radius 3 is 2.68 bits per heavy atom. The Bertz CT molecular complexity index is 1120. The smallest absolute Gasteiger partial charge is 0.355 e. The summed E-state index contributed by atoms with van der Waals surface area (Å²) in [6, 6.07) is 14.6. The van der Waals surface area contributed by atoms with E-state index in [1.165, 1.54) is 4.68 Å². The largest absolute Gasteiger partial charge is 0.497 e. The molecule has 0 radical (unpaired) electrons. The van der Waals surface area contributed by atoms with E-state index >= 15 is 0 Å². The lowest BCUT2D eigenvalue weighted by Crippen LogP contribution is -2.10. The Morgan fingerprint density at radius 1 is 1.11 bits per heavy atom. The van der Waals surface area contributed by atoms with Crippen molar-refractivity contribution in [3.63, 3.8) is 0 Å². The molecule has 4 aromatic rings. The Morgan fingerprint density at radius 2 is 1.93 bits per heavy atom. The van der Waals surface area contributed by atoms with Gasteiger partial charge in [-0.05, 0) is 34.7 Å². The van der Waals surface area contributed by atoms with Crippen LogP contribution in [0.2, 0.25) is 0 Å². The minimum Gasteiger partial charge on any atom is -0.497 e. The van der Waals surface area contributed by atoms with Crippen LogP contribution in [-0.4, -0.2) is 45.4 Å². The molecule has 0 fully saturated rings. The van der Waals surface area contributed by atoms with Crippen LogP contribution in [-0.2, 0) is 11.3 Å². The number of benzene rings is 2. The average Bonchev–Trinajstić information content (AvgIpc) is 3.38. The number of ether oxygens (including phenoxy) is 3. The standard InChI is InChI=1S/C19H17N5O4/c1-26-14-8-12-9-15(20-18(12)16(10-14)27-2)19(25)28-11-17-21-22-23-24(17)13-6-4-3-5-7-13/h3-10,20H,11H2,1-2H3. The van der Waals surface area contributed by atoms with Crippen LogP contribution in [0.5, 0.6) is 11.5 Å². The number of carbonyl (C=O) groups excluding carboxylic acids is 1. The molecule has 0 saturated carbocycles.